The number of fused-ring (bicyclic) bond motifs is 1. The number of nitrogens with zero attached hydrogens (tertiary/aromatic N) is 1. The molecule has 0 spiro atoms. The van der Waals surface area contributed by atoms with Crippen molar-refractivity contribution < 1.29 is 8.78 Å². The average molecular weight is 277 g/mol. The predicted molar refractivity (Wildman–Crippen MR) is 75.2 cm³/mol. The molecule has 2 nitrogen and oxygen atoms in total. The number of benzene rings is 1. The van der Waals surface area contributed by atoms with Crippen LogP contribution in [0.4, 0.5) is 8.78 Å². The second kappa shape index (κ2) is 4.69. The van der Waals surface area contributed by atoms with Gasteiger partial charge in [-0.05, 0) is 38.2 Å². The average Bonchev–Trinajstić information content (AvgIpc) is 3.24. The number of rotatable bonds is 3. The van der Waals surface area contributed by atoms with E-state index in [0.29, 0.717) is 13.0 Å². The molecule has 0 amide bonds. The highest BCUT2D eigenvalue weighted by Gasteiger charge is 2.31. The molecule has 4 heteroatoms. The van der Waals surface area contributed by atoms with Crippen molar-refractivity contribution in [1.82, 2.24) is 4.57 Å². The van der Waals surface area contributed by atoms with Crippen molar-refractivity contribution in [3.05, 3.63) is 45.2 Å². The van der Waals surface area contributed by atoms with Crippen molar-refractivity contribution >= 4 is 10.9 Å². The van der Waals surface area contributed by atoms with Gasteiger partial charge in [-0.1, -0.05) is 6.92 Å². The summed E-state index contributed by atoms with van der Waals surface area (Å²) in [6.07, 6.45) is 2.29. The van der Waals surface area contributed by atoms with Crippen molar-refractivity contribution in [2.24, 2.45) is 0 Å². The topological polar surface area (TPSA) is 22.0 Å². The number of hydrogen-bond acceptors (Lipinski definition) is 1. The Hall–Kier alpha value is -1.71. The van der Waals surface area contributed by atoms with Gasteiger partial charge >= 0.3 is 0 Å². The van der Waals surface area contributed by atoms with Crippen LogP contribution in [0, 0.1) is 11.6 Å². The maximum absolute atomic E-state index is 14.8. The van der Waals surface area contributed by atoms with Gasteiger partial charge in [-0.3, -0.25) is 4.79 Å². The van der Waals surface area contributed by atoms with Gasteiger partial charge in [0.2, 0.25) is 0 Å². The Bertz CT molecular complexity index is 744. The molecule has 3 rings (SSSR count). The fourth-order valence-electron chi connectivity index (χ4n) is 2.93. The Morgan fingerprint density at radius 2 is 1.95 bits per heavy atom. The summed E-state index contributed by atoms with van der Waals surface area (Å²) < 4.78 is 30.6. The Balaban J connectivity index is 2.47. The third kappa shape index (κ3) is 1.86. The van der Waals surface area contributed by atoms with Crippen LogP contribution in [0.15, 0.2) is 16.9 Å². The lowest BCUT2D eigenvalue weighted by Gasteiger charge is -2.16. The summed E-state index contributed by atoms with van der Waals surface area (Å²) in [7, 11) is 0. The smallest absolute Gasteiger partial charge is 0.189 e. The van der Waals surface area contributed by atoms with E-state index in [9.17, 15) is 13.6 Å². The summed E-state index contributed by atoms with van der Waals surface area (Å²) in [6.45, 7) is 4.39. The van der Waals surface area contributed by atoms with Crippen LogP contribution in [0.2, 0.25) is 0 Å². The van der Waals surface area contributed by atoms with Gasteiger partial charge in [-0.25, -0.2) is 8.78 Å². The monoisotopic (exact) mass is 277 g/mol. The number of aromatic nitrogens is 1. The second-order valence-electron chi connectivity index (χ2n) is 5.35. The van der Waals surface area contributed by atoms with Gasteiger partial charge in [-0.15, -0.1) is 0 Å². The maximum Gasteiger partial charge on any atom is 0.189 e. The SMILES string of the molecule is CCc1cc(=O)c2cc(F)c(C3CC3)c(F)c2n1CC. The van der Waals surface area contributed by atoms with Crippen molar-refractivity contribution in [3.63, 3.8) is 0 Å². The molecule has 0 aliphatic heterocycles. The molecule has 0 radical (unpaired) electrons. The highest BCUT2D eigenvalue weighted by molar-refractivity contribution is 5.81. The summed E-state index contributed by atoms with van der Waals surface area (Å²) in [6, 6.07) is 2.70. The minimum Gasteiger partial charge on any atom is -0.342 e. The van der Waals surface area contributed by atoms with E-state index in [2.05, 4.69) is 0 Å². The van der Waals surface area contributed by atoms with Crippen LogP contribution < -0.4 is 5.43 Å². The van der Waals surface area contributed by atoms with Gasteiger partial charge in [0, 0.05) is 23.9 Å². The van der Waals surface area contributed by atoms with Crippen molar-refractivity contribution in [3.8, 4) is 0 Å². The zero-order valence-corrected chi connectivity index (χ0v) is 11.7. The summed E-state index contributed by atoms with van der Waals surface area (Å²) in [5.74, 6) is -1.15. The molecule has 0 atom stereocenters. The van der Waals surface area contributed by atoms with Crippen molar-refractivity contribution in [1.29, 1.82) is 0 Å². The quantitative estimate of drug-likeness (QED) is 0.837. The molecule has 0 unspecified atom stereocenters. The molecule has 1 aromatic heterocycles. The first-order valence-corrected chi connectivity index (χ1v) is 7.12. The van der Waals surface area contributed by atoms with Crippen LogP contribution in [0.3, 0.4) is 0 Å². The third-order valence-electron chi connectivity index (χ3n) is 4.07. The fourth-order valence-corrected chi connectivity index (χ4v) is 2.93. The number of halogens is 2. The van der Waals surface area contributed by atoms with Crippen LogP contribution in [0.1, 0.15) is 43.9 Å². The molecule has 2 aromatic rings. The molecular weight excluding hydrogens is 260 g/mol. The van der Waals surface area contributed by atoms with Gasteiger partial charge in [-0.2, -0.15) is 0 Å². The van der Waals surface area contributed by atoms with E-state index in [0.717, 1.165) is 18.5 Å². The van der Waals surface area contributed by atoms with Crippen LogP contribution in [-0.4, -0.2) is 4.57 Å². The summed E-state index contributed by atoms with van der Waals surface area (Å²) >= 11 is 0. The molecule has 1 aromatic carbocycles. The number of pyridine rings is 1. The van der Waals surface area contributed by atoms with Gasteiger partial charge in [0.1, 0.15) is 5.82 Å². The Morgan fingerprint density at radius 3 is 2.50 bits per heavy atom. The van der Waals surface area contributed by atoms with E-state index in [1.54, 1.807) is 4.57 Å². The molecule has 0 saturated heterocycles. The summed E-state index contributed by atoms with van der Waals surface area (Å²) in [5, 5.41) is 0.142. The largest absolute Gasteiger partial charge is 0.342 e. The normalized spacial score (nSPS) is 15.0. The molecule has 1 aliphatic carbocycles. The van der Waals surface area contributed by atoms with E-state index in [4.69, 9.17) is 0 Å². The van der Waals surface area contributed by atoms with Crippen LogP contribution in [0.5, 0.6) is 0 Å². The molecule has 0 bridgehead atoms. The molecule has 1 heterocycles. The van der Waals surface area contributed by atoms with E-state index < -0.39 is 11.6 Å². The van der Waals surface area contributed by atoms with E-state index in [1.165, 1.54) is 12.1 Å². The first-order valence-electron chi connectivity index (χ1n) is 7.12. The minimum atomic E-state index is -0.582. The van der Waals surface area contributed by atoms with E-state index in [1.807, 2.05) is 13.8 Å². The highest BCUT2D eigenvalue weighted by atomic mass is 19.1. The molecule has 1 aliphatic rings. The Labute approximate surface area is 116 Å². The molecule has 1 fully saturated rings. The standard InChI is InChI=1S/C16H17F2NO/c1-3-10-7-13(20)11-8-12(17)14(9-5-6-9)15(18)16(11)19(10)4-2/h7-9H,3-6H2,1-2H3. The number of aryl methyl sites for hydroxylation is 2. The molecule has 0 N–H and O–H groups in total. The lowest BCUT2D eigenvalue weighted by Crippen LogP contribution is -2.16. The summed E-state index contributed by atoms with van der Waals surface area (Å²) in [5.41, 5.74) is 0.909. The lowest BCUT2D eigenvalue weighted by atomic mass is 10.0. The second-order valence-corrected chi connectivity index (χ2v) is 5.35. The molecule has 1 saturated carbocycles. The van der Waals surface area contributed by atoms with Gasteiger partial charge in [0.25, 0.3) is 0 Å². The zero-order valence-electron chi connectivity index (χ0n) is 11.7. The maximum atomic E-state index is 14.8. The lowest BCUT2D eigenvalue weighted by molar-refractivity contribution is 0.557. The van der Waals surface area contributed by atoms with Crippen LogP contribution >= 0.6 is 0 Å². The first kappa shape index (κ1) is 13.3. The van der Waals surface area contributed by atoms with E-state index >= 15 is 0 Å². The van der Waals surface area contributed by atoms with Gasteiger partial charge in [0.15, 0.2) is 11.2 Å². The minimum absolute atomic E-state index is 0.0231. The molecule has 20 heavy (non-hydrogen) atoms. The Morgan fingerprint density at radius 1 is 1.25 bits per heavy atom. The van der Waals surface area contributed by atoms with Crippen molar-refractivity contribution in [2.75, 3.05) is 0 Å². The van der Waals surface area contributed by atoms with Crippen LogP contribution in [0.25, 0.3) is 10.9 Å². The predicted octanol–water partition coefficient (Wildman–Crippen LogP) is 3.74. The van der Waals surface area contributed by atoms with Gasteiger partial charge < -0.3 is 4.57 Å². The number of hydrogen-bond donors (Lipinski definition) is 0. The Kier molecular flexibility index (Phi) is 3.11. The first-order chi connectivity index (χ1) is 9.58. The zero-order chi connectivity index (χ0) is 14.4. The highest BCUT2D eigenvalue weighted by Crippen LogP contribution is 2.43. The summed E-state index contributed by atoms with van der Waals surface area (Å²) in [4.78, 5) is 12.1. The third-order valence-corrected chi connectivity index (χ3v) is 4.07. The molecule has 106 valence electrons. The van der Waals surface area contributed by atoms with Crippen molar-refractivity contribution in [2.45, 2.75) is 45.6 Å². The fraction of sp³-hybridized carbons (Fsp3) is 0.438. The molecular formula is C16H17F2NO. The van der Waals surface area contributed by atoms with Gasteiger partial charge in [0.05, 0.1) is 10.9 Å². The van der Waals surface area contributed by atoms with Crippen LogP contribution in [-0.2, 0) is 13.0 Å². The van der Waals surface area contributed by atoms with E-state index in [-0.39, 0.29) is 27.8 Å².